The third kappa shape index (κ3) is 4.27. The summed E-state index contributed by atoms with van der Waals surface area (Å²) in [5.74, 6) is 1.44. The largest absolute Gasteiger partial charge is 0.496 e. The van der Waals surface area contributed by atoms with Crippen LogP contribution in [0.2, 0.25) is 0 Å². The Labute approximate surface area is 153 Å². The van der Waals surface area contributed by atoms with Crippen molar-refractivity contribution < 1.29 is 27.2 Å². The highest BCUT2D eigenvalue weighted by Gasteiger charge is 2.30. The van der Waals surface area contributed by atoms with E-state index in [1.165, 1.54) is 4.90 Å². The van der Waals surface area contributed by atoms with Crippen LogP contribution in [0.4, 0.5) is 0 Å². The maximum atomic E-state index is 12.7. The molecule has 1 aromatic carbocycles. The average molecular weight is 381 g/mol. The summed E-state index contributed by atoms with van der Waals surface area (Å²) in [7, 11) is -2.06. The Hall–Kier alpha value is -1.87. The number of nitrogens with one attached hydrogen (secondary N) is 2. The number of methoxy groups -OCH3 is 1. The summed E-state index contributed by atoms with van der Waals surface area (Å²) in [4.78, 5) is 1.48. The normalized spacial score (nSPS) is 17.2. The SMILES string of the molecule is COc1ccc(S(=O)(=O)NC[C@H](c2ccco2)[NH+]2CCOCC2)cc1C. The van der Waals surface area contributed by atoms with Crippen molar-refractivity contribution in [3.63, 3.8) is 0 Å². The smallest absolute Gasteiger partial charge is 0.240 e. The summed E-state index contributed by atoms with van der Waals surface area (Å²) in [6.45, 7) is 5.04. The molecule has 26 heavy (non-hydrogen) atoms. The van der Waals surface area contributed by atoms with E-state index >= 15 is 0 Å². The molecule has 1 atom stereocenters. The summed E-state index contributed by atoms with van der Waals surface area (Å²) >= 11 is 0. The molecule has 0 bridgehead atoms. The van der Waals surface area contributed by atoms with Crippen molar-refractivity contribution in [1.29, 1.82) is 0 Å². The van der Waals surface area contributed by atoms with Gasteiger partial charge in [-0.2, -0.15) is 0 Å². The summed E-state index contributed by atoms with van der Waals surface area (Å²) in [6, 6.07) is 8.45. The van der Waals surface area contributed by atoms with Gasteiger partial charge in [0, 0.05) is 0 Å². The van der Waals surface area contributed by atoms with Crippen molar-refractivity contribution in [2.45, 2.75) is 17.9 Å². The number of hydrogen-bond donors (Lipinski definition) is 2. The molecule has 3 rings (SSSR count). The summed E-state index contributed by atoms with van der Waals surface area (Å²) in [6.07, 6.45) is 1.61. The molecule has 1 aliphatic rings. The molecule has 0 aliphatic carbocycles. The van der Waals surface area contributed by atoms with E-state index in [2.05, 4.69) is 4.72 Å². The van der Waals surface area contributed by atoms with E-state index in [1.54, 1.807) is 31.6 Å². The molecule has 2 heterocycles. The van der Waals surface area contributed by atoms with E-state index in [4.69, 9.17) is 13.9 Å². The van der Waals surface area contributed by atoms with Crippen LogP contribution in [-0.2, 0) is 14.8 Å². The van der Waals surface area contributed by atoms with Gasteiger partial charge >= 0.3 is 0 Å². The van der Waals surface area contributed by atoms with Gasteiger partial charge in [0.25, 0.3) is 0 Å². The van der Waals surface area contributed by atoms with Gasteiger partial charge in [-0.15, -0.1) is 0 Å². The molecular weight excluding hydrogens is 356 g/mol. The van der Waals surface area contributed by atoms with Crippen molar-refractivity contribution in [3.8, 4) is 5.75 Å². The predicted molar refractivity (Wildman–Crippen MR) is 95.9 cm³/mol. The molecule has 1 fully saturated rings. The Balaban J connectivity index is 1.76. The Kier molecular flexibility index (Phi) is 5.98. The molecule has 7 nitrogen and oxygen atoms in total. The minimum Gasteiger partial charge on any atom is -0.496 e. The molecular formula is C18H25N2O5S+. The number of rotatable bonds is 7. The lowest BCUT2D eigenvalue weighted by molar-refractivity contribution is -0.938. The Morgan fingerprint density at radius 2 is 2.04 bits per heavy atom. The van der Waals surface area contributed by atoms with Crippen LogP contribution in [0.5, 0.6) is 5.75 Å². The molecule has 1 aliphatic heterocycles. The zero-order valence-electron chi connectivity index (χ0n) is 15.0. The van der Waals surface area contributed by atoms with Crippen molar-refractivity contribution in [2.24, 2.45) is 0 Å². The van der Waals surface area contributed by atoms with Crippen LogP contribution in [-0.4, -0.2) is 48.4 Å². The fraction of sp³-hybridized carbons (Fsp3) is 0.444. The van der Waals surface area contributed by atoms with Gasteiger partial charge in [0.15, 0.2) is 11.8 Å². The molecule has 0 unspecified atom stereocenters. The van der Waals surface area contributed by atoms with Crippen LogP contribution in [0.15, 0.2) is 45.9 Å². The van der Waals surface area contributed by atoms with Crippen LogP contribution in [0.3, 0.4) is 0 Å². The first-order valence-electron chi connectivity index (χ1n) is 8.61. The Morgan fingerprint density at radius 3 is 2.65 bits per heavy atom. The number of sulfonamides is 1. The van der Waals surface area contributed by atoms with Crippen molar-refractivity contribution in [2.75, 3.05) is 40.0 Å². The highest BCUT2D eigenvalue weighted by molar-refractivity contribution is 7.89. The van der Waals surface area contributed by atoms with E-state index in [0.29, 0.717) is 19.0 Å². The molecule has 1 aromatic heterocycles. The van der Waals surface area contributed by atoms with Gasteiger partial charge in [0.2, 0.25) is 10.0 Å². The molecule has 0 saturated carbocycles. The third-order valence-corrected chi connectivity index (χ3v) is 6.09. The van der Waals surface area contributed by atoms with E-state index in [9.17, 15) is 8.42 Å². The number of ether oxygens (including phenoxy) is 2. The highest BCUT2D eigenvalue weighted by atomic mass is 32.2. The van der Waals surface area contributed by atoms with E-state index in [-0.39, 0.29) is 17.5 Å². The number of aryl methyl sites for hydroxylation is 1. The number of benzene rings is 1. The van der Waals surface area contributed by atoms with Crippen LogP contribution in [0.1, 0.15) is 17.4 Å². The second-order valence-corrected chi connectivity index (χ2v) is 8.09. The van der Waals surface area contributed by atoms with Gasteiger partial charge in [-0.25, -0.2) is 13.1 Å². The Bertz CT molecular complexity index is 814. The van der Waals surface area contributed by atoms with Crippen LogP contribution in [0.25, 0.3) is 0 Å². The lowest BCUT2D eigenvalue weighted by atomic mass is 10.2. The maximum absolute atomic E-state index is 12.7. The molecule has 8 heteroatoms. The topological polar surface area (TPSA) is 82.2 Å². The van der Waals surface area contributed by atoms with E-state index in [0.717, 1.165) is 24.4 Å². The van der Waals surface area contributed by atoms with Gasteiger partial charge in [-0.1, -0.05) is 0 Å². The maximum Gasteiger partial charge on any atom is 0.240 e. The molecule has 142 valence electrons. The highest BCUT2D eigenvalue weighted by Crippen LogP contribution is 2.21. The van der Waals surface area contributed by atoms with Crippen molar-refractivity contribution >= 4 is 10.0 Å². The zero-order valence-corrected chi connectivity index (χ0v) is 15.8. The average Bonchev–Trinajstić information content (AvgIpc) is 3.17. The van der Waals surface area contributed by atoms with Crippen LogP contribution >= 0.6 is 0 Å². The van der Waals surface area contributed by atoms with Crippen LogP contribution < -0.4 is 14.4 Å². The number of furan rings is 1. The second-order valence-electron chi connectivity index (χ2n) is 6.32. The summed E-state index contributed by atoms with van der Waals surface area (Å²) in [5, 5.41) is 0. The lowest BCUT2D eigenvalue weighted by Gasteiger charge is -2.30. The minimum absolute atomic E-state index is 0.0944. The predicted octanol–water partition coefficient (Wildman–Crippen LogP) is 0.531. The molecule has 2 aromatic rings. The van der Waals surface area contributed by atoms with E-state index < -0.39 is 10.0 Å². The van der Waals surface area contributed by atoms with Gasteiger partial charge in [-0.3, -0.25) is 0 Å². The molecule has 1 saturated heterocycles. The van der Waals surface area contributed by atoms with Gasteiger partial charge < -0.3 is 18.8 Å². The monoisotopic (exact) mass is 381 g/mol. The summed E-state index contributed by atoms with van der Waals surface area (Å²) < 4.78 is 44.4. The van der Waals surface area contributed by atoms with Crippen LogP contribution in [0, 0.1) is 6.92 Å². The summed E-state index contributed by atoms with van der Waals surface area (Å²) in [5.41, 5.74) is 0.775. The third-order valence-electron chi connectivity index (χ3n) is 4.67. The fourth-order valence-corrected chi connectivity index (χ4v) is 4.34. The molecule has 2 N–H and O–H groups in total. The van der Waals surface area contributed by atoms with Crippen molar-refractivity contribution in [1.82, 2.24) is 4.72 Å². The van der Waals surface area contributed by atoms with Gasteiger partial charge in [0.05, 0.1) is 38.0 Å². The number of morpholine rings is 1. The van der Waals surface area contributed by atoms with E-state index in [1.807, 2.05) is 19.1 Å². The molecule has 0 amide bonds. The lowest BCUT2D eigenvalue weighted by Crippen LogP contribution is -3.15. The number of quaternary nitrogens is 1. The first-order chi connectivity index (χ1) is 12.5. The standard InChI is InChI=1S/C18H24N2O5S/c1-14-12-15(5-6-17(14)23-2)26(21,22)19-13-16(18-4-3-9-25-18)20-7-10-24-11-8-20/h3-6,9,12,16,19H,7-8,10-11,13H2,1-2H3/p+1/t16-/m1/s1. The van der Waals surface area contributed by atoms with Gasteiger partial charge in [0.1, 0.15) is 18.8 Å². The fourth-order valence-electron chi connectivity index (χ4n) is 3.21. The minimum atomic E-state index is -3.62. The molecule has 0 spiro atoms. The Morgan fingerprint density at radius 1 is 1.27 bits per heavy atom. The molecule has 0 radical (unpaired) electrons. The first kappa shape index (κ1) is 18.9. The quantitative estimate of drug-likeness (QED) is 0.731. The van der Waals surface area contributed by atoms with Gasteiger partial charge in [-0.05, 0) is 42.8 Å². The second kappa shape index (κ2) is 8.22. The van der Waals surface area contributed by atoms with Crippen molar-refractivity contribution in [3.05, 3.63) is 47.9 Å². The zero-order chi connectivity index (χ0) is 18.6. The first-order valence-corrected chi connectivity index (χ1v) is 10.1. The number of hydrogen-bond acceptors (Lipinski definition) is 5.